The van der Waals surface area contributed by atoms with Gasteiger partial charge >= 0.3 is 0 Å². The summed E-state index contributed by atoms with van der Waals surface area (Å²) < 4.78 is 0. The summed E-state index contributed by atoms with van der Waals surface area (Å²) in [5.41, 5.74) is 6.92. The predicted octanol–water partition coefficient (Wildman–Crippen LogP) is 3.72. The summed E-state index contributed by atoms with van der Waals surface area (Å²) in [6, 6.07) is 5.20. The smallest absolute Gasteiger partial charge is 0.240 e. The Kier molecular flexibility index (Phi) is 4.85. The van der Waals surface area contributed by atoms with Gasteiger partial charge in [-0.1, -0.05) is 42.3 Å². The first kappa shape index (κ1) is 17.3. The molecule has 0 aliphatic carbocycles. The highest BCUT2D eigenvalue weighted by Crippen LogP contribution is 2.37. The number of rotatable bonds is 3. The predicted molar refractivity (Wildman–Crippen MR) is 97.8 cm³/mol. The summed E-state index contributed by atoms with van der Waals surface area (Å²) in [6.45, 7) is 4.58. The van der Waals surface area contributed by atoms with Crippen molar-refractivity contribution in [3.8, 4) is 17.1 Å². The van der Waals surface area contributed by atoms with E-state index in [1.807, 2.05) is 0 Å². The summed E-state index contributed by atoms with van der Waals surface area (Å²) in [5.74, 6) is 0.511. The summed E-state index contributed by atoms with van der Waals surface area (Å²) >= 11 is 12.2. The number of nitrogens with two attached hydrogens (primary N) is 1. The highest BCUT2D eigenvalue weighted by atomic mass is 35.5. The Labute approximate surface area is 151 Å². The second kappa shape index (κ2) is 6.75. The van der Waals surface area contributed by atoms with Gasteiger partial charge in [0, 0.05) is 18.7 Å². The van der Waals surface area contributed by atoms with Gasteiger partial charge in [-0.3, -0.25) is 0 Å². The minimum atomic E-state index is -0.149. The topological polar surface area (TPSA) is 75.3 Å². The number of nitrogens with zero attached hydrogens (tertiary/aromatic N) is 3. The van der Waals surface area contributed by atoms with Crippen LogP contribution in [-0.4, -0.2) is 34.7 Å². The molecular formula is C17H20Cl2N4O. The van der Waals surface area contributed by atoms with Crippen LogP contribution in [0.2, 0.25) is 10.0 Å². The van der Waals surface area contributed by atoms with E-state index in [-0.39, 0.29) is 11.3 Å². The van der Waals surface area contributed by atoms with Crippen LogP contribution in [0.1, 0.15) is 19.8 Å². The van der Waals surface area contributed by atoms with Crippen molar-refractivity contribution in [3.63, 3.8) is 0 Å². The van der Waals surface area contributed by atoms with E-state index in [1.165, 1.54) is 0 Å². The lowest BCUT2D eigenvalue weighted by Crippen LogP contribution is -2.42. The molecule has 1 aromatic heterocycles. The van der Waals surface area contributed by atoms with Gasteiger partial charge in [0.25, 0.3) is 0 Å². The van der Waals surface area contributed by atoms with Gasteiger partial charge < -0.3 is 15.7 Å². The molecule has 1 aromatic carbocycles. The normalized spacial score (nSPS) is 17.1. The van der Waals surface area contributed by atoms with Crippen molar-refractivity contribution in [2.75, 3.05) is 24.5 Å². The van der Waals surface area contributed by atoms with Gasteiger partial charge in [-0.05, 0) is 30.9 Å². The zero-order chi connectivity index (χ0) is 17.3. The van der Waals surface area contributed by atoms with Crippen molar-refractivity contribution in [3.05, 3.63) is 34.4 Å². The Bertz CT molecular complexity index is 745. The van der Waals surface area contributed by atoms with Crippen LogP contribution in [-0.2, 0) is 0 Å². The lowest BCUT2D eigenvalue weighted by atomic mass is 9.80. The van der Waals surface area contributed by atoms with E-state index in [0.717, 1.165) is 25.9 Å². The summed E-state index contributed by atoms with van der Waals surface area (Å²) in [5, 5.41) is 11.1. The van der Waals surface area contributed by atoms with E-state index in [2.05, 4.69) is 21.8 Å². The minimum Gasteiger partial charge on any atom is -0.492 e. The molecule has 128 valence electrons. The van der Waals surface area contributed by atoms with Crippen LogP contribution in [0.5, 0.6) is 5.88 Å². The number of benzene rings is 1. The van der Waals surface area contributed by atoms with Gasteiger partial charge in [-0.15, -0.1) is 0 Å². The van der Waals surface area contributed by atoms with Crippen molar-refractivity contribution in [2.45, 2.75) is 19.8 Å². The van der Waals surface area contributed by atoms with Crippen molar-refractivity contribution >= 4 is 29.0 Å². The number of hydrogen-bond acceptors (Lipinski definition) is 5. The van der Waals surface area contributed by atoms with E-state index in [4.69, 9.17) is 28.9 Å². The average molecular weight is 367 g/mol. The molecule has 1 aliphatic rings. The molecule has 0 radical (unpaired) electrons. The van der Waals surface area contributed by atoms with Crippen LogP contribution in [0.3, 0.4) is 0 Å². The minimum absolute atomic E-state index is 0.149. The lowest BCUT2D eigenvalue weighted by Gasteiger charge is -2.39. The zero-order valence-electron chi connectivity index (χ0n) is 13.5. The third-order valence-electron chi connectivity index (χ3n) is 4.74. The first-order valence-corrected chi connectivity index (χ1v) is 8.64. The number of anilines is 1. The van der Waals surface area contributed by atoms with E-state index in [1.54, 1.807) is 24.4 Å². The second-order valence-corrected chi connectivity index (χ2v) is 7.29. The standard InChI is InChI=1S/C17H20Cl2N4O/c1-17(10-20)5-7-23(8-6-17)13-9-21-15(16(24)22-13)11-3-2-4-12(18)14(11)19/h2-4,9H,5-8,10,20H2,1H3,(H,22,24). The van der Waals surface area contributed by atoms with Gasteiger partial charge in [0.1, 0.15) is 5.69 Å². The monoisotopic (exact) mass is 366 g/mol. The maximum absolute atomic E-state index is 10.3. The van der Waals surface area contributed by atoms with Crippen LogP contribution in [0.15, 0.2) is 24.4 Å². The van der Waals surface area contributed by atoms with Gasteiger partial charge in [-0.2, -0.15) is 4.98 Å². The summed E-state index contributed by atoms with van der Waals surface area (Å²) in [4.78, 5) is 10.8. The van der Waals surface area contributed by atoms with Gasteiger partial charge in [0.2, 0.25) is 5.88 Å². The molecule has 1 fully saturated rings. The number of aromatic nitrogens is 2. The second-order valence-electron chi connectivity index (χ2n) is 6.50. The SMILES string of the molecule is CC1(CN)CCN(c2cnc(-c3cccc(Cl)c3Cl)c(O)n2)CC1. The zero-order valence-corrected chi connectivity index (χ0v) is 15.0. The third-order valence-corrected chi connectivity index (χ3v) is 5.55. The van der Waals surface area contributed by atoms with Crippen molar-refractivity contribution in [1.29, 1.82) is 0 Å². The molecule has 1 aliphatic heterocycles. The fourth-order valence-corrected chi connectivity index (χ4v) is 3.27. The van der Waals surface area contributed by atoms with E-state index in [9.17, 15) is 5.11 Å². The highest BCUT2D eigenvalue weighted by Gasteiger charge is 2.29. The quantitative estimate of drug-likeness (QED) is 0.865. The molecule has 24 heavy (non-hydrogen) atoms. The molecule has 3 N–H and O–H groups in total. The molecule has 3 rings (SSSR count). The first-order valence-electron chi connectivity index (χ1n) is 7.89. The Balaban J connectivity index is 1.85. The molecule has 0 unspecified atom stereocenters. The Morgan fingerprint density at radius 1 is 1.29 bits per heavy atom. The molecule has 7 heteroatoms. The Morgan fingerprint density at radius 2 is 2.00 bits per heavy atom. The van der Waals surface area contributed by atoms with Crippen LogP contribution in [0.25, 0.3) is 11.3 Å². The largest absolute Gasteiger partial charge is 0.492 e. The molecule has 0 atom stereocenters. The van der Waals surface area contributed by atoms with Gasteiger partial charge in [-0.25, -0.2) is 4.98 Å². The molecular weight excluding hydrogens is 347 g/mol. The fraction of sp³-hybridized carbons (Fsp3) is 0.412. The Morgan fingerprint density at radius 3 is 2.62 bits per heavy atom. The highest BCUT2D eigenvalue weighted by molar-refractivity contribution is 6.43. The molecule has 5 nitrogen and oxygen atoms in total. The number of halogens is 2. The molecule has 0 spiro atoms. The van der Waals surface area contributed by atoms with Crippen LogP contribution < -0.4 is 10.6 Å². The number of piperidine rings is 1. The van der Waals surface area contributed by atoms with Crippen LogP contribution in [0.4, 0.5) is 5.82 Å². The maximum Gasteiger partial charge on any atom is 0.240 e. The maximum atomic E-state index is 10.3. The molecule has 1 saturated heterocycles. The lowest BCUT2D eigenvalue weighted by molar-refractivity contribution is 0.257. The van der Waals surface area contributed by atoms with Crippen molar-refractivity contribution < 1.29 is 5.11 Å². The van der Waals surface area contributed by atoms with Crippen LogP contribution >= 0.6 is 23.2 Å². The number of aromatic hydroxyl groups is 1. The summed E-state index contributed by atoms with van der Waals surface area (Å²) in [6.07, 6.45) is 3.65. The molecule has 0 saturated carbocycles. The van der Waals surface area contributed by atoms with E-state index >= 15 is 0 Å². The molecule has 2 aromatic rings. The van der Waals surface area contributed by atoms with E-state index < -0.39 is 0 Å². The van der Waals surface area contributed by atoms with Crippen LogP contribution in [0, 0.1) is 5.41 Å². The van der Waals surface area contributed by atoms with Gasteiger partial charge in [0.05, 0.1) is 16.2 Å². The van der Waals surface area contributed by atoms with Gasteiger partial charge in [0.15, 0.2) is 5.82 Å². The third kappa shape index (κ3) is 3.29. The number of hydrogen-bond donors (Lipinski definition) is 2. The van der Waals surface area contributed by atoms with Crippen molar-refractivity contribution in [2.24, 2.45) is 11.1 Å². The first-order chi connectivity index (χ1) is 11.4. The molecule has 2 heterocycles. The van der Waals surface area contributed by atoms with Crippen molar-refractivity contribution in [1.82, 2.24) is 9.97 Å². The fourth-order valence-electron chi connectivity index (χ4n) is 2.88. The molecule has 0 bridgehead atoms. The van der Waals surface area contributed by atoms with E-state index in [0.29, 0.717) is 33.7 Å². The average Bonchev–Trinajstić information content (AvgIpc) is 2.58. The Hall–Kier alpha value is -1.56. The molecule has 0 amide bonds. The summed E-state index contributed by atoms with van der Waals surface area (Å²) in [7, 11) is 0.